The topological polar surface area (TPSA) is 41.1 Å². The average Bonchev–Trinajstić information content (AvgIpc) is 2.84. The van der Waals surface area contributed by atoms with Crippen LogP contribution in [0.5, 0.6) is 11.6 Å². The molecule has 1 aliphatic heterocycles. The minimum absolute atomic E-state index is 0.632. The maximum Gasteiger partial charge on any atom is 0.213 e. The lowest BCUT2D eigenvalue weighted by Crippen LogP contribution is -2.46. The predicted molar refractivity (Wildman–Crippen MR) is 128 cm³/mol. The summed E-state index contributed by atoms with van der Waals surface area (Å²) in [6.45, 7) is 3.78. The summed E-state index contributed by atoms with van der Waals surface area (Å²) in [5, 5.41) is 0. The van der Waals surface area contributed by atoms with Gasteiger partial charge in [0.2, 0.25) is 5.88 Å². The zero-order chi connectivity index (χ0) is 21.8. The predicted octanol–water partition coefficient (Wildman–Crippen LogP) is 4.16. The van der Waals surface area contributed by atoms with Gasteiger partial charge in [0.1, 0.15) is 5.75 Å². The summed E-state index contributed by atoms with van der Waals surface area (Å²) in [4.78, 5) is 11.7. The molecule has 0 saturated carbocycles. The number of rotatable bonds is 6. The van der Waals surface area contributed by atoms with Gasteiger partial charge < -0.3 is 24.2 Å². The first-order valence-corrected chi connectivity index (χ1v) is 10.6. The molecule has 0 atom stereocenters. The van der Waals surface area contributed by atoms with Gasteiger partial charge in [-0.25, -0.2) is 4.98 Å². The van der Waals surface area contributed by atoms with E-state index in [1.807, 2.05) is 32.3 Å². The van der Waals surface area contributed by atoms with E-state index in [0.717, 1.165) is 48.9 Å². The molecule has 2 heterocycles. The first-order chi connectivity index (χ1) is 15.1. The summed E-state index contributed by atoms with van der Waals surface area (Å²) >= 11 is 0. The fourth-order valence-corrected chi connectivity index (χ4v) is 3.93. The summed E-state index contributed by atoms with van der Waals surface area (Å²) < 4.78 is 10.7. The smallest absolute Gasteiger partial charge is 0.213 e. The van der Waals surface area contributed by atoms with Crippen LogP contribution in [0.15, 0.2) is 60.7 Å². The van der Waals surface area contributed by atoms with E-state index < -0.39 is 0 Å². The van der Waals surface area contributed by atoms with Crippen molar-refractivity contribution in [2.75, 3.05) is 69.2 Å². The Morgan fingerprint density at radius 3 is 1.97 bits per heavy atom. The largest absolute Gasteiger partial charge is 0.497 e. The van der Waals surface area contributed by atoms with Gasteiger partial charge in [-0.3, -0.25) is 0 Å². The minimum Gasteiger partial charge on any atom is -0.497 e. The molecule has 2 aromatic carbocycles. The van der Waals surface area contributed by atoms with Crippen molar-refractivity contribution >= 4 is 17.1 Å². The SMILES string of the molecule is COc1ccc(N2CCN(c3ccc(OC)nc3-c3ccc(N(C)C)cc3)CC2)cc1. The Bertz CT molecular complexity index is 995. The van der Waals surface area contributed by atoms with Gasteiger partial charge in [0, 0.05) is 63.3 Å². The Morgan fingerprint density at radius 2 is 1.39 bits per heavy atom. The van der Waals surface area contributed by atoms with Gasteiger partial charge in [-0.2, -0.15) is 0 Å². The molecule has 1 aliphatic rings. The summed E-state index contributed by atoms with van der Waals surface area (Å²) in [7, 11) is 7.45. The molecular weight excluding hydrogens is 388 g/mol. The van der Waals surface area contributed by atoms with E-state index in [-0.39, 0.29) is 0 Å². The summed E-state index contributed by atoms with van der Waals surface area (Å²) in [5.41, 5.74) is 5.60. The van der Waals surface area contributed by atoms with E-state index in [1.54, 1.807) is 14.2 Å². The number of anilines is 3. The lowest BCUT2D eigenvalue weighted by Gasteiger charge is -2.38. The molecule has 6 heteroatoms. The highest BCUT2D eigenvalue weighted by Crippen LogP contribution is 2.33. The van der Waals surface area contributed by atoms with Gasteiger partial charge in [0.15, 0.2) is 0 Å². The maximum absolute atomic E-state index is 5.42. The van der Waals surface area contributed by atoms with Crippen molar-refractivity contribution < 1.29 is 9.47 Å². The maximum atomic E-state index is 5.42. The average molecular weight is 419 g/mol. The lowest BCUT2D eigenvalue weighted by atomic mass is 10.1. The summed E-state index contributed by atoms with van der Waals surface area (Å²) in [6.07, 6.45) is 0. The van der Waals surface area contributed by atoms with Crippen LogP contribution in [-0.4, -0.2) is 59.5 Å². The van der Waals surface area contributed by atoms with Crippen molar-refractivity contribution in [3.8, 4) is 22.9 Å². The van der Waals surface area contributed by atoms with Gasteiger partial charge >= 0.3 is 0 Å². The van der Waals surface area contributed by atoms with Crippen LogP contribution in [0.4, 0.5) is 17.1 Å². The van der Waals surface area contributed by atoms with Crippen LogP contribution in [0.3, 0.4) is 0 Å². The highest BCUT2D eigenvalue weighted by molar-refractivity contribution is 5.77. The van der Waals surface area contributed by atoms with E-state index in [4.69, 9.17) is 14.5 Å². The van der Waals surface area contributed by atoms with Crippen molar-refractivity contribution in [2.24, 2.45) is 0 Å². The molecular formula is C25H30N4O2. The summed E-state index contributed by atoms with van der Waals surface area (Å²) in [6, 6.07) is 20.9. The normalized spacial score (nSPS) is 13.8. The molecule has 0 aliphatic carbocycles. The van der Waals surface area contributed by atoms with Crippen LogP contribution in [0.2, 0.25) is 0 Å². The minimum atomic E-state index is 0.632. The molecule has 1 aromatic heterocycles. The zero-order valence-corrected chi connectivity index (χ0v) is 18.7. The van der Waals surface area contributed by atoms with Crippen molar-refractivity contribution in [3.05, 3.63) is 60.7 Å². The second kappa shape index (κ2) is 9.16. The van der Waals surface area contributed by atoms with Crippen molar-refractivity contribution in [3.63, 3.8) is 0 Å². The number of nitrogens with zero attached hydrogens (tertiary/aromatic N) is 4. The zero-order valence-electron chi connectivity index (χ0n) is 18.7. The van der Waals surface area contributed by atoms with E-state index >= 15 is 0 Å². The van der Waals surface area contributed by atoms with Crippen molar-refractivity contribution in [2.45, 2.75) is 0 Å². The van der Waals surface area contributed by atoms with Crippen LogP contribution < -0.4 is 24.2 Å². The fraction of sp³-hybridized carbons (Fsp3) is 0.320. The van der Waals surface area contributed by atoms with Gasteiger partial charge in [-0.05, 0) is 42.5 Å². The van der Waals surface area contributed by atoms with Crippen LogP contribution >= 0.6 is 0 Å². The molecule has 31 heavy (non-hydrogen) atoms. The second-order valence-corrected chi connectivity index (χ2v) is 7.83. The number of hydrogen-bond acceptors (Lipinski definition) is 6. The van der Waals surface area contributed by atoms with Gasteiger partial charge in [0.25, 0.3) is 0 Å². The van der Waals surface area contributed by atoms with Crippen LogP contribution in [0.25, 0.3) is 11.3 Å². The first-order valence-electron chi connectivity index (χ1n) is 10.6. The molecule has 0 unspecified atom stereocenters. The third-order valence-electron chi connectivity index (χ3n) is 5.77. The Morgan fingerprint density at radius 1 is 0.742 bits per heavy atom. The number of benzene rings is 2. The molecule has 6 nitrogen and oxygen atoms in total. The fourth-order valence-electron chi connectivity index (χ4n) is 3.93. The Hall–Kier alpha value is -3.41. The van der Waals surface area contributed by atoms with E-state index in [9.17, 15) is 0 Å². The molecule has 0 spiro atoms. The van der Waals surface area contributed by atoms with E-state index in [2.05, 4.69) is 57.2 Å². The Labute approximate surface area is 184 Å². The molecule has 0 amide bonds. The first kappa shape index (κ1) is 20.8. The Balaban J connectivity index is 1.55. The molecule has 1 saturated heterocycles. The standard InChI is InChI=1S/C25H30N4O2/c1-27(2)20-7-5-19(6-8-20)25-23(13-14-24(26-25)31-4)29-17-15-28(16-18-29)21-9-11-22(30-3)12-10-21/h5-14H,15-18H2,1-4H3. The number of pyridine rings is 1. The van der Waals surface area contributed by atoms with E-state index in [1.165, 1.54) is 11.4 Å². The highest BCUT2D eigenvalue weighted by Gasteiger charge is 2.21. The number of aromatic nitrogens is 1. The molecule has 0 radical (unpaired) electrons. The second-order valence-electron chi connectivity index (χ2n) is 7.83. The lowest BCUT2D eigenvalue weighted by molar-refractivity contribution is 0.398. The van der Waals surface area contributed by atoms with Gasteiger partial charge in [0.05, 0.1) is 25.6 Å². The molecule has 162 valence electrons. The number of hydrogen-bond donors (Lipinski definition) is 0. The number of piperazine rings is 1. The molecule has 1 fully saturated rings. The van der Waals surface area contributed by atoms with Gasteiger partial charge in [-0.15, -0.1) is 0 Å². The van der Waals surface area contributed by atoms with Crippen molar-refractivity contribution in [1.82, 2.24) is 4.98 Å². The summed E-state index contributed by atoms with van der Waals surface area (Å²) in [5.74, 6) is 1.52. The Kier molecular flexibility index (Phi) is 6.16. The number of methoxy groups -OCH3 is 2. The molecule has 0 bridgehead atoms. The van der Waals surface area contributed by atoms with E-state index in [0.29, 0.717) is 5.88 Å². The third kappa shape index (κ3) is 4.53. The highest BCUT2D eigenvalue weighted by atomic mass is 16.5. The van der Waals surface area contributed by atoms with Crippen LogP contribution in [-0.2, 0) is 0 Å². The third-order valence-corrected chi connectivity index (χ3v) is 5.77. The van der Waals surface area contributed by atoms with Crippen molar-refractivity contribution in [1.29, 1.82) is 0 Å². The van der Waals surface area contributed by atoms with Gasteiger partial charge in [-0.1, -0.05) is 12.1 Å². The molecule has 0 N–H and O–H groups in total. The molecule has 4 rings (SSSR count). The van der Waals surface area contributed by atoms with Crippen LogP contribution in [0.1, 0.15) is 0 Å². The van der Waals surface area contributed by atoms with Crippen LogP contribution in [0, 0.1) is 0 Å². The quantitative estimate of drug-likeness (QED) is 0.599. The monoisotopic (exact) mass is 418 g/mol. The number of ether oxygens (including phenoxy) is 2. The molecule has 3 aromatic rings.